The predicted octanol–water partition coefficient (Wildman–Crippen LogP) is 3.69. The fourth-order valence-corrected chi connectivity index (χ4v) is 2.91. The van der Waals surface area contributed by atoms with E-state index in [4.69, 9.17) is 11.6 Å². The number of nitrogens with one attached hydrogen (secondary N) is 1. The average molecular weight is 298 g/mol. The Morgan fingerprint density at radius 1 is 1.30 bits per heavy atom. The van der Waals surface area contributed by atoms with Gasteiger partial charge in [0.05, 0.1) is 16.4 Å². The van der Waals surface area contributed by atoms with Crippen molar-refractivity contribution in [1.82, 2.24) is 15.1 Å². The second-order valence-corrected chi connectivity index (χ2v) is 6.60. The van der Waals surface area contributed by atoms with E-state index >= 15 is 0 Å². The van der Waals surface area contributed by atoms with Crippen LogP contribution in [0.4, 0.5) is 0 Å². The number of hydrogen-bond acceptors (Lipinski definition) is 2. The maximum Gasteiger partial charge on any atom is 0.0849 e. The molecule has 1 heterocycles. The number of hydrogen-bond donors (Lipinski definition) is 1. The Morgan fingerprint density at radius 2 is 2.00 bits per heavy atom. The van der Waals surface area contributed by atoms with Gasteiger partial charge in [-0.25, -0.2) is 0 Å². The third-order valence-corrected chi connectivity index (χ3v) is 4.92. The monoisotopic (exact) mass is 297 g/mol. The summed E-state index contributed by atoms with van der Waals surface area (Å²) < 4.78 is 2.08. The van der Waals surface area contributed by atoms with E-state index in [1.807, 2.05) is 0 Å². The molecule has 0 amide bonds. The molecule has 0 aliphatic heterocycles. The first-order valence-electron chi connectivity index (χ1n) is 8.04. The smallest absolute Gasteiger partial charge is 0.0849 e. The fourth-order valence-electron chi connectivity index (χ4n) is 2.56. The largest absolute Gasteiger partial charge is 0.314 e. The molecule has 0 radical (unpaired) electrons. The maximum absolute atomic E-state index is 6.50. The molecule has 1 aromatic heterocycles. The number of halogens is 1. The van der Waals surface area contributed by atoms with Gasteiger partial charge in [0.2, 0.25) is 0 Å². The van der Waals surface area contributed by atoms with E-state index in [0.29, 0.717) is 11.8 Å². The lowest BCUT2D eigenvalue weighted by Crippen LogP contribution is -2.28. The van der Waals surface area contributed by atoms with Crippen molar-refractivity contribution >= 4 is 11.6 Å². The van der Waals surface area contributed by atoms with Crippen molar-refractivity contribution in [2.24, 2.45) is 11.8 Å². The number of aromatic nitrogens is 2. The van der Waals surface area contributed by atoms with Crippen molar-refractivity contribution in [2.45, 2.75) is 66.0 Å². The molecule has 0 saturated heterocycles. The van der Waals surface area contributed by atoms with E-state index in [1.165, 1.54) is 18.5 Å². The van der Waals surface area contributed by atoms with Crippen molar-refractivity contribution in [2.75, 3.05) is 6.54 Å². The fraction of sp³-hybridized carbons (Fsp3) is 0.812. The van der Waals surface area contributed by atoms with Crippen molar-refractivity contribution in [3.8, 4) is 0 Å². The summed E-state index contributed by atoms with van der Waals surface area (Å²) in [6.07, 6.45) is 4.64. The molecule has 0 bridgehead atoms. The summed E-state index contributed by atoms with van der Waals surface area (Å²) in [4.78, 5) is 0. The van der Waals surface area contributed by atoms with Gasteiger partial charge in [0, 0.05) is 12.6 Å². The summed E-state index contributed by atoms with van der Waals surface area (Å²) >= 11 is 6.50. The molecule has 3 nitrogen and oxygen atoms in total. The molecule has 114 valence electrons. The van der Waals surface area contributed by atoms with Gasteiger partial charge >= 0.3 is 0 Å². The molecule has 1 saturated carbocycles. The Balaban J connectivity index is 1.98. The van der Waals surface area contributed by atoms with Gasteiger partial charge in [-0.15, -0.1) is 0 Å². The van der Waals surface area contributed by atoms with E-state index in [-0.39, 0.29) is 0 Å². The number of nitrogens with zero attached hydrogens (tertiary/aromatic N) is 2. The molecule has 0 aromatic carbocycles. The van der Waals surface area contributed by atoms with Crippen LogP contribution in [0.5, 0.6) is 0 Å². The molecule has 1 aliphatic carbocycles. The maximum atomic E-state index is 6.50. The Bertz CT molecular complexity index is 437. The van der Waals surface area contributed by atoms with Crippen molar-refractivity contribution in [3.05, 3.63) is 16.4 Å². The summed E-state index contributed by atoms with van der Waals surface area (Å²) in [5.74, 6) is 1.28. The minimum absolute atomic E-state index is 0.616. The Labute approximate surface area is 128 Å². The lowest BCUT2D eigenvalue weighted by atomic mass is 9.91. The number of aryl methyl sites for hydroxylation is 2. The van der Waals surface area contributed by atoms with Crippen LogP contribution in [0.1, 0.15) is 51.9 Å². The molecule has 2 atom stereocenters. The molecule has 1 fully saturated rings. The van der Waals surface area contributed by atoms with Gasteiger partial charge in [0.1, 0.15) is 0 Å². The van der Waals surface area contributed by atoms with Gasteiger partial charge in [-0.2, -0.15) is 5.10 Å². The van der Waals surface area contributed by atoms with Crippen LogP contribution in [0.25, 0.3) is 0 Å². The van der Waals surface area contributed by atoms with Crippen LogP contribution >= 0.6 is 11.6 Å². The first-order valence-corrected chi connectivity index (χ1v) is 8.41. The lowest BCUT2D eigenvalue weighted by Gasteiger charge is -2.21. The molecule has 2 rings (SSSR count). The molecule has 2 unspecified atom stereocenters. The average Bonchev–Trinajstić information content (AvgIpc) is 3.22. The summed E-state index contributed by atoms with van der Waals surface area (Å²) in [7, 11) is 0. The highest BCUT2D eigenvalue weighted by molar-refractivity contribution is 6.31. The topological polar surface area (TPSA) is 29.9 Å². The third kappa shape index (κ3) is 3.76. The van der Waals surface area contributed by atoms with Crippen LogP contribution < -0.4 is 5.32 Å². The van der Waals surface area contributed by atoms with E-state index in [2.05, 4.69) is 42.8 Å². The van der Waals surface area contributed by atoms with E-state index in [0.717, 1.165) is 42.7 Å². The van der Waals surface area contributed by atoms with Crippen LogP contribution in [-0.2, 0) is 19.4 Å². The van der Waals surface area contributed by atoms with Gasteiger partial charge in [0.15, 0.2) is 0 Å². The normalized spacial score (nSPS) is 18.2. The first-order chi connectivity index (χ1) is 9.56. The van der Waals surface area contributed by atoms with Crippen molar-refractivity contribution in [3.63, 3.8) is 0 Å². The predicted molar refractivity (Wildman–Crippen MR) is 85.3 cm³/mol. The minimum Gasteiger partial charge on any atom is -0.314 e. The zero-order chi connectivity index (χ0) is 14.7. The van der Waals surface area contributed by atoms with Gasteiger partial charge in [-0.05, 0) is 51.0 Å². The molecule has 1 N–H and O–H groups in total. The highest BCUT2D eigenvalue weighted by Gasteiger charge is 2.24. The molecular weight excluding hydrogens is 270 g/mol. The Hall–Kier alpha value is -0.540. The van der Waals surface area contributed by atoms with Crippen LogP contribution in [-0.4, -0.2) is 22.4 Å². The van der Waals surface area contributed by atoms with Crippen LogP contribution in [0.15, 0.2) is 0 Å². The zero-order valence-corrected chi connectivity index (χ0v) is 14.0. The van der Waals surface area contributed by atoms with Crippen molar-refractivity contribution < 1.29 is 0 Å². The Morgan fingerprint density at radius 3 is 2.55 bits per heavy atom. The molecule has 0 spiro atoms. The zero-order valence-electron chi connectivity index (χ0n) is 13.2. The van der Waals surface area contributed by atoms with Gasteiger partial charge in [0.25, 0.3) is 0 Å². The first kappa shape index (κ1) is 15.8. The number of rotatable bonds is 8. The van der Waals surface area contributed by atoms with Crippen LogP contribution in [0.2, 0.25) is 5.02 Å². The van der Waals surface area contributed by atoms with Crippen molar-refractivity contribution in [1.29, 1.82) is 0 Å². The second kappa shape index (κ2) is 6.95. The molecular formula is C16H28ClN3. The second-order valence-electron chi connectivity index (χ2n) is 6.22. The molecule has 1 aliphatic rings. The van der Waals surface area contributed by atoms with Crippen LogP contribution in [0, 0.1) is 11.8 Å². The van der Waals surface area contributed by atoms with Gasteiger partial charge in [-0.3, -0.25) is 4.68 Å². The minimum atomic E-state index is 0.616. The summed E-state index contributed by atoms with van der Waals surface area (Å²) in [5, 5.41) is 9.13. The highest BCUT2D eigenvalue weighted by Crippen LogP contribution is 2.27. The van der Waals surface area contributed by atoms with Gasteiger partial charge < -0.3 is 5.32 Å². The standard InChI is InChI=1S/C16H28ClN3/c1-5-14-16(17)15(20(6-2)19-14)9-11(3)12(4)10-18-13-7-8-13/h11-13,18H,5-10H2,1-4H3. The lowest BCUT2D eigenvalue weighted by molar-refractivity contribution is 0.356. The molecule has 20 heavy (non-hydrogen) atoms. The van der Waals surface area contributed by atoms with E-state index < -0.39 is 0 Å². The highest BCUT2D eigenvalue weighted by atomic mass is 35.5. The van der Waals surface area contributed by atoms with Gasteiger partial charge in [-0.1, -0.05) is 32.4 Å². The van der Waals surface area contributed by atoms with E-state index in [1.54, 1.807) is 0 Å². The molecule has 4 heteroatoms. The van der Waals surface area contributed by atoms with E-state index in [9.17, 15) is 0 Å². The quantitative estimate of drug-likeness (QED) is 0.793. The summed E-state index contributed by atoms with van der Waals surface area (Å²) in [6.45, 7) is 10.9. The summed E-state index contributed by atoms with van der Waals surface area (Å²) in [6, 6.07) is 0.793. The summed E-state index contributed by atoms with van der Waals surface area (Å²) in [5.41, 5.74) is 2.26. The van der Waals surface area contributed by atoms with Crippen LogP contribution in [0.3, 0.4) is 0 Å². The SMILES string of the molecule is CCc1nn(CC)c(CC(C)C(C)CNC2CC2)c1Cl. The Kier molecular flexibility index (Phi) is 5.50. The molecule has 1 aromatic rings. The third-order valence-electron chi connectivity index (χ3n) is 4.49.